The maximum absolute atomic E-state index is 5.19. The predicted octanol–water partition coefficient (Wildman–Crippen LogP) is -0.0521. The molecule has 0 saturated heterocycles. The van der Waals surface area contributed by atoms with Gasteiger partial charge in [-0.05, 0) is 12.1 Å². The Morgan fingerprint density at radius 2 is 2.31 bits per heavy atom. The van der Waals surface area contributed by atoms with Crippen LogP contribution >= 0.6 is 0 Å². The number of hydrogen-bond donors (Lipinski definition) is 2. The largest absolute Gasteiger partial charge is 0.323 e. The zero-order valence-corrected chi connectivity index (χ0v) is 6.75. The van der Waals surface area contributed by atoms with Gasteiger partial charge in [-0.3, -0.25) is 5.84 Å². The maximum Gasteiger partial charge on any atom is 0.155 e. The van der Waals surface area contributed by atoms with Crippen LogP contribution in [0.1, 0.15) is 0 Å². The molecule has 6 nitrogen and oxygen atoms in total. The summed E-state index contributed by atoms with van der Waals surface area (Å²) < 4.78 is 1.57. The first kappa shape index (κ1) is 7.69. The average Bonchev–Trinajstić information content (AvgIpc) is 2.71. The molecule has 0 unspecified atom stereocenters. The highest BCUT2D eigenvalue weighted by molar-refractivity contribution is 5.41. The van der Waals surface area contributed by atoms with Gasteiger partial charge in [0.1, 0.15) is 12.7 Å². The Labute approximate surface area is 74.4 Å². The minimum atomic E-state index is 0.705. The quantitative estimate of drug-likeness (QED) is 0.495. The molecule has 2 aromatic heterocycles. The van der Waals surface area contributed by atoms with E-state index in [4.69, 9.17) is 5.84 Å². The molecule has 66 valence electrons. The van der Waals surface area contributed by atoms with Crippen molar-refractivity contribution in [1.29, 1.82) is 0 Å². The molecule has 0 aliphatic rings. The van der Waals surface area contributed by atoms with Crippen LogP contribution < -0.4 is 11.3 Å². The van der Waals surface area contributed by atoms with Crippen molar-refractivity contribution in [2.45, 2.75) is 0 Å². The SMILES string of the molecule is NNc1ccc(-n2cncn2)nc1. The molecule has 0 radical (unpaired) electrons. The summed E-state index contributed by atoms with van der Waals surface area (Å²) in [5.41, 5.74) is 3.25. The normalized spacial score (nSPS) is 9.92. The number of nitrogens with one attached hydrogen (secondary N) is 1. The van der Waals surface area contributed by atoms with Crippen LogP contribution in [0.2, 0.25) is 0 Å². The zero-order chi connectivity index (χ0) is 9.10. The third-order valence-electron chi connectivity index (χ3n) is 1.57. The Balaban J connectivity index is 2.33. The molecule has 0 bridgehead atoms. The molecule has 13 heavy (non-hydrogen) atoms. The Bertz CT molecular complexity index is 364. The smallest absolute Gasteiger partial charge is 0.155 e. The van der Waals surface area contributed by atoms with Crippen molar-refractivity contribution in [2.75, 3.05) is 5.43 Å². The van der Waals surface area contributed by atoms with Gasteiger partial charge in [-0.25, -0.2) is 14.6 Å². The van der Waals surface area contributed by atoms with Crippen molar-refractivity contribution in [3.05, 3.63) is 31.0 Å². The van der Waals surface area contributed by atoms with Crippen LogP contribution in [-0.4, -0.2) is 19.7 Å². The van der Waals surface area contributed by atoms with Crippen molar-refractivity contribution in [3.63, 3.8) is 0 Å². The highest BCUT2D eigenvalue weighted by Crippen LogP contribution is 2.06. The van der Waals surface area contributed by atoms with Crippen LogP contribution in [0.25, 0.3) is 5.82 Å². The van der Waals surface area contributed by atoms with Gasteiger partial charge >= 0.3 is 0 Å². The van der Waals surface area contributed by atoms with Crippen LogP contribution in [0.4, 0.5) is 5.69 Å². The van der Waals surface area contributed by atoms with E-state index in [2.05, 4.69) is 20.5 Å². The van der Waals surface area contributed by atoms with Gasteiger partial charge in [0.15, 0.2) is 5.82 Å². The lowest BCUT2D eigenvalue weighted by Gasteiger charge is -2.00. The first-order valence-corrected chi connectivity index (χ1v) is 3.68. The number of nitrogens with two attached hydrogens (primary N) is 1. The van der Waals surface area contributed by atoms with Gasteiger partial charge in [0.25, 0.3) is 0 Å². The van der Waals surface area contributed by atoms with Crippen molar-refractivity contribution in [1.82, 2.24) is 19.7 Å². The number of rotatable bonds is 2. The highest BCUT2D eigenvalue weighted by Gasteiger charge is 1.96. The van der Waals surface area contributed by atoms with E-state index in [0.717, 1.165) is 5.69 Å². The van der Waals surface area contributed by atoms with E-state index in [1.807, 2.05) is 6.07 Å². The lowest BCUT2D eigenvalue weighted by molar-refractivity contribution is 0.845. The molecule has 0 amide bonds. The third-order valence-corrected chi connectivity index (χ3v) is 1.57. The summed E-state index contributed by atoms with van der Waals surface area (Å²) in [5.74, 6) is 5.90. The molecule has 0 saturated carbocycles. The number of hydrogen-bond acceptors (Lipinski definition) is 5. The molecule has 0 fully saturated rings. The molecule has 3 N–H and O–H groups in total. The Hall–Kier alpha value is -1.95. The molecule has 2 rings (SSSR count). The summed E-state index contributed by atoms with van der Waals surface area (Å²) in [6.07, 6.45) is 4.66. The van der Waals surface area contributed by atoms with E-state index >= 15 is 0 Å². The monoisotopic (exact) mass is 176 g/mol. The van der Waals surface area contributed by atoms with E-state index in [1.165, 1.54) is 6.33 Å². The summed E-state index contributed by atoms with van der Waals surface area (Å²) in [4.78, 5) is 7.92. The number of aromatic nitrogens is 4. The molecular weight excluding hydrogens is 168 g/mol. The molecule has 0 spiro atoms. The number of hydrazine groups is 1. The molecule has 6 heteroatoms. The predicted molar refractivity (Wildman–Crippen MR) is 47.0 cm³/mol. The Morgan fingerprint density at radius 1 is 1.38 bits per heavy atom. The van der Waals surface area contributed by atoms with Gasteiger partial charge in [0, 0.05) is 0 Å². The van der Waals surface area contributed by atoms with Crippen molar-refractivity contribution < 1.29 is 0 Å². The summed E-state index contributed by atoms with van der Waals surface area (Å²) in [7, 11) is 0. The van der Waals surface area contributed by atoms with E-state index in [0.29, 0.717) is 5.82 Å². The second-order valence-corrected chi connectivity index (χ2v) is 2.39. The summed E-state index contributed by atoms with van der Waals surface area (Å²) in [6, 6.07) is 3.61. The lowest BCUT2D eigenvalue weighted by atomic mass is 10.4. The van der Waals surface area contributed by atoms with Crippen LogP contribution in [0.3, 0.4) is 0 Å². The molecule has 0 aliphatic heterocycles. The summed E-state index contributed by atoms with van der Waals surface area (Å²) in [6.45, 7) is 0. The van der Waals surface area contributed by atoms with Gasteiger partial charge in [-0.1, -0.05) is 0 Å². The Morgan fingerprint density at radius 3 is 2.85 bits per heavy atom. The average molecular weight is 176 g/mol. The topological polar surface area (TPSA) is 81.6 Å². The minimum Gasteiger partial charge on any atom is -0.323 e. The van der Waals surface area contributed by atoms with Gasteiger partial charge in [-0.15, -0.1) is 0 Å². The van der Waals surface area contributed by atoms with E-state index < -0.39 is 0 Å². The van der Waals surface area contributed by atoms with Crippen LogP contribution in [0, 0.1) is 0 Å². The molecule has 0 aliphatic carbocycles. The minimum absolute atomic E-state index is 0.705. The number of anilines is 1. The van der Waals surface area contributed by atoms with Crippen LogP contribution in [0.15, 0.2) is 31.0 Å². The second kappa shape index (κ2) is 3.20. The van der Waals surface area contributed by atoms with E-state index in [1.54, 1.807) is 23.3 Å². The fraction of sp³-hybridized carbons (Fsp3) is 0. The molecule has 2 heterocycles. The van der Waals surface area contributed by atoms with Crippen molar-refractivity contribution in [2.24, 2.45) is 5.84 Å². The first-order chi connectivity index (χ1) is 6.40. The summed E-state index contributed by atoms with van der Waals surface area (Å²) in [5, 5.41) is 3.93. The van der Waals surface area contributed by atoms with Gasteiger partial charge in [0.05, 0.1) is 11.9 Å². The molecular formula is C7H8N6. The standard InChI is InChI=1S/C7H8N6/c8-12-6-1-2-7(10-3-6)13-5-9-4-11-13/h1-5,12H,8H2. The van der Waals surface area contributed by atoms with Crippen molar-refractivity contribution in [3.8, 4) is 5.82 Å². The second-order valence-electron chi connectivity index (χ2n) is 2.39. The Kier molecular flexibility index (Phi) is 1.89. The van der Waals surface area contributed by atoms with E-state index in [9.17, 15) is 0 Å². The molecule has 2 aromatic rings. The highest BCUT2D eigenvalue weighted by atomic mass is 15.3. The zero-order valence-electron chi connectivity index (χ0n) is 6.75. The lowest BCUT2D eigenvalue weighted by Crippen LogP contribution is -2.07. The number of pyridine rings is 1. The van der Waals surface area contributed by atoms with Crippen LogP contribution in [0.5, 0.6) is 0 Å². The van der Waals surface area contributed by atoms with Crippen molar-refractivity contribution >= 4 is 5.69 Å². The van der Waals surface area contributed by atoms with Gasteiger partial charge in [0.2, 0.25) is 0 Å². The van der Waals surface area contributed by atoms with Gasteiger partial charge < -0.3 is 5.43 Å². The number of nitrogen functional groups attached to an aromatic ring is 1. The fourth-order valence-electron chi connectivity index (χ4n) is 0.933. The molecule has 0 aromatic carbocycles. The molecule has 0 atom stereocenters. The van der Waals surface area contributed by atoms with Gasteiger partial charge in [-0.2, -0.15) is 5.10 Å². The first-order valence-electron chi connectivity index (χ1n) is 3.68. The maximum atomic E-state index is 5.19. The summed E-state index contributed by atoms with van der Waals surface area (Å²) >= 11 is 0. The van der Waals surface area contributed by atoms with E-state index in [-0.39, 0.29) is 0 Å². The fourth-order valence-corrected chi connectivity index (χ4v) is 0.933. The number of nitrogens with zero attached hydrogens (tertiary/aromatic N) is 4. The third kappa shape index (κ3) is 1.47. The van der Waals surface area contributed by atoms with Crippen LogP contribution in [-0.2, 0) is 0 Å².